The molecule has 22 heavy (non-hydrogen) atoms. The van der Waals surface area contributed by atoms with Gasteiger partial charge in [0.05, 0.1) is 11.9 Å². The number of carbonyl (C=O) groups excluding carboxylic acids is 1. The van der Waals surface area contributed by atoms with Crippen LogP contribution in [-0.2, 0) is 6.42 Å². The zero-order valence-electron chi connectivity index (χ0n) is 12.9. The van der Waals surface area contributed by atoms with Crippen LogP contribution in [0.1, 0.15) is 35.8 Å². The molecule has 0 aliphatic carbocycles. The first-order chi connectivity index (χ1) is 10.8. The first-order valence-electron chi connectivity index (χ1n) is 7.89. The van der Waals surface area contributed by atoms with Gasteiger partial charge in [-0.2, -0.15) is 0 Å². The van der Waals surface area contributed by atoms with Crippen molar-refractivity contribution in [3.05, 3.63) is 53.9 Å². The number of para-hydroxylation sites is 1. The lowest BCUT2D eigenvalue weighted by molar-refractivity contribution is 0.0980. The highest BCUT2D eigenvalue weighted by atomic mass is 16.2. The normalized spacial score (nSPS) is 13.6. The zero-order chi connectivity index (χ0) is 15.4. The van der Waals surface area contributed by atoms with Crippen molar-refractivity contribution in [1.29, 1.82) is 0 Å². The van der Waals surface area contributed by atoms with Gasteiger partial charge >= 0.3 is 0 Å². The molecule has 0 unspecified atom stereocenters. The van der Waals surface area contributed by atoms with Gasteiger partial charge in [0, 0.05) is 18.8 Å². The summed E-state index contributed by atoms with van der Waals surface area (Å²) in [7, 11) is 0. The van der Waals surface area contributed by atoms with Gasteiger partial charge < -0.3 is 10.2 Å². The van der Waals surface area contributed by atoms with Crippen LogP contribution in [0.25, 0.3) is 0 Å². The number of nitrogens with zero attached hydrogens (tertiary/aromatic N) is 2. The van der Waals surface area contributed by atoms with Crippen LogP contribution in [-0.4, -0.2) is 24.0 Å². The molecule has 1 amide bonds. The molecular weight excluding hydrogens is 274 g/mol. The van der Waals surface area contributed by atoms with Gasteiger partial charge in [0.25, 0.3) is 5.91 Å². The van der Waals surface area contributed by atoms with E-state index in [1.807, 2.05) is 29.2 Å². The van der Waals surface area contributed by atoms with Crippen molar-refractivity contribution in [2.24, 2.45) is 0 Å². The first-order valence-corrected chi connectivity index (χ1v) is 7.89. The largest absolute Gasteiger partial charge is 0.384 e. The molecule has 0 spiro atoms. The Hall–Kier alpha value is -2.36. The fourth-order valence-electron chi connectivity index (χ4n) is 2.78. The molecule has 1 aliphatic rings. The van der Waals surface area contributed by atoms with Gasteiger partial charge in [-0.15, -0.1) is 0 Å². The summed E-state index contributed by atoms with van der Waals surface area (Å²) in [5.41, 5.74) is 3.72. The predicted octanol–water partition coefficient (Wildman–Crippen LogP) is 3.50. The van der Waals surface area contributed by atoms with Crippen LogP contribution in [0.3, 0.4) is 0 Å². The van der Waals surface area contributed by atoms with E-state index in [-0.39, 0.29) is 5.91 Å². The molecule has 2 heterocycles. The third kappa shape index (κ3) is 2.96. The Balaban J connectivity index is 1.80. The smallest absolute Gasteiger partial charge is 0.276 e. The zero-order valence-corrected chi connectivity index (χ0v) is 12.9. The third-order valence-corrected chi connectivity index (χ3v) is 3.92. The van der Waals surface area contributed by atoms with Crippen molar-refractivity contribution in [3.8, 4) is 0 Å². The molecule has 3 rings (SSSR count). The fourth-order valence-corrected chi connectivity index (χ4v) is 2.78. The van der Waals surface area contributed by atoms with E-state index in [1.165, 1.54) is 5.56 Å². The van der Waals surface area contributed by atoms with E-state index in [2.05, 4.69) is 23.3 Å². The maximum atomic E-state index is 12.7. The van der Waals surface area contributed by atoms with Gasteiger partial charge in [0.2, 0.25) is 0 Å². The molecule has 0 saturated heterocycles. The monoisotopic (exact) mass is 295 g/mol. The predicted molar refractivity (Wildman–Crippen MR) is 89.5 cm³/mol. The first kappa shape index (κ1) is 14.6. The number of fused-ring (bicyclic) bond motifs is 1. The van der Waals surface area contributed by atoms with Crippen molar-refractivity contribution in [3.63, 3.8) is 0 Å². The average molecular weight is 295 g/mol. The molecule has 2 aromatic rings. The molecule has 0 saturated carbocycles. The van der Waals surface area contributed by atoms with E-state index in [4.69, 9.17) is 0 Å². The summed E-state index contributed by atoms with van der Waals surface area (Å²) in [6.45, 7) is 3.79. The Bertz CT molecular complexity index is 652. The summed E-state index contributed by atoms with van der Waals surface area (Å²) < 4.78 is 0. The minimum atomic E-state index is -0.0193. The van der Waals surface area contributed by atoms with Crippen molar-refractivity contribution in [2.75, 3.05) is 23.3 Å². The van der Waals surface area contributed by atoms with Gasteiger partial charge in [-0.1, -0.05) is 25.1 Å². The van der Waals surface area contributed by atoms with Gasteiger partial charge in [0.1, 0.15) is 5.69 Å². The van der Waals surface area contributed by atoms with Gasteiger partial charge in [-0.25, -0.2) is 4.98 Å². The van der Waals surface area contributed by atoms with Crippen LogP contribution < -0.4 is 10.2 Å². The molecule has 1 N–H and O–H groups in total. The molecule has 1 aliphatic heterocycles. The number of carbonyl (C=O) groups is 1. The van der Waals surface area contributed by atoms with E-state index in [0.717, 1.165) is 43.7 Å². The Labute approximate surface area is 131 Å². The van der Waals surface area contributed by atoms with Crippen LogP contribution in [0.15, 0.2) is 42.6 Å². The Morgan fingerprint density at radius 3 is 2.91 bits per heavy atom. The highest BCUT2D eigenvalue weighted by molar-refractivity contribution is 6.05. The maximum absolute atomic E-state index is 12.7. The van der Waals surface area contributed by atoms with Crippen molar-refractivity contribution < 1.29 is 4.79 Å². The van der Waals surface area contributed by atoms with Crippen LogP contribution in [0, 0.1) is 0 Å². The van der Waals surface area contributed by atoms with Gasteiger partial charge in [0.15, 0.2) is 0 Å². The van der Waals surface area contributed by atoms with Crippen LogP contribution >= 0.6 is 0 Å². The molecule has 0 atom stereocenters. The number of aryl methyl sites for hydroxylation is 1. The molecule has 4 heteroatoms. The van der Waals surface area contributed by atoms with Crippen molar-refractivity contribution in [1.82, 2.24) is 4.98 Å². The number of anilines is 2. The van der Waals surface area contributed by atoms with Crippen LogP contribution in [0.4, 0.5) is 11.4 Å². The summed E-state index contributed by atoms with van der Waals surface area (Å²) in [6, 6.07) is 11.8. The second-order valence-corrected chi connectivity index (χ2v) is 5.55. The van der Waals surface area contributed by atoms with E-state index in [0.29, 0.717) is 5.69 Å². The highest BCUT2D eigenvalue weighted by Crippen LogP contribution is 2.27. The number of hydrogen-bond acceptors (Lipinski definition) is 3. The highest BCUT2D eigenvalue weighted by Gasteiger charge is 2.23. The minimum absolute atomic E-state index is 0.0193. The standard InChI is InChI=1S/C18H21N3O/c1-2-11-19-15-9-10-16(20-13-15)18(22)21-12-5-7-14-6-3-4-8-17(14)21/h3-4,6,8-10,13,19H,2,5,7,11-12H2,1H3. The van der Waals surface area contributed by atoms with E-state index in [9.17, 15) is 4.79 Å². The van der Waals surface area contributed by atoms with E-state index < -0.39 is 0 Å². The fraction of sp³-hybridized carbons (Fsp3) is 0.333. The SMILES string of the molecule is CCCNc1ccc(C(=O)N2CCCc3ccccc32)nc1. The number of benzene rings is 1. The Morgan fingerprint density at radius 2 is 2.14 bits per heavy atom. The summed E-state index contributed by atoms with van der Waals surface area (Å²) in [5, 5.41) is 3.27. The molecule has 0 fully saturated rings. The summed E-state index contributed by atoms with van der Waals surface area (Å²) in [4.78, 5) is 18.9. The molecule has 4 nitrogen and oxygen atoms in total. The maximum Gasteiger partial charge on any atom is 0.276 e. The number of rotatable bonds is 4. The van der Waals surface area contributed by atoms with Crippen LogP contribution in [0.2, 0.25) is 0 Å². The number of amides is 1. The van der Waals surface area contributed by atoms with E-state index >= 15 is 0 Å². The summed E-state index contributed by atoms with van der Waals surface area (Å²) in [6.07, 6.45) is 4.83. The van der Waals surface area contributed by atoms with Gasteiger partial charge in [-0.3, -0.25) is 4.79 Å². The average Bonchev–Trinajstić information content (AvgIpc) is 2.59. The molecule has 114 valence electrons. The van der Waals surface area contributed by atoms with Gasteiger partial charge in [-0.05, 0) is 43.0 Å². The summed E-state index contributed by atoms with van der Waals surface area (Å²) >= 11 is 0. The Morgan fingerprint density at radius 1 is 1.27 bits per heavy atom. The van der Waals surface area contributed by atoms with Crippen molar-refractivity contribution in [2.45, 2.75) is 26.2 Å². The lowest BCUT2D eigenvalue weighted by Crippen LogP contribution is -2.35. The lowest BCUT2D eigenvalue weighted by atomic mass is 10.0. The third-order valence-electron chi connectivity index (χ3n) is 3.92. The molecule has 1 aromatic carbocycles. The number of hydrogen-bond donors (Lipinski definition) is 1. The van der Waals surface area contributed by atoms with Crippen LogP contribution in [0.5, 0.6) is 0 Å². The van der Waals surface area contributed by atoms with E-state index in [1.54, 1.807) is 12.3 Å². The number of aromatic nitrogens is 1. The molecule has 1 aromatic heterocycles. The number of pyridine rings is 1. The quantitative estimate of drug-likeness (QED) is 0.939. The second kappa shape index (κ2) is 6.60. The molecule has 0 radical (unpaired) electrons. The minimum Gasteiger partial charge on any atom is -0.384 e. The Kier molecular flexibility index (Phi) is 4.37. The number of nitrogens with one attached hydrogen (secondary N) is 1. The van der Waals surface area contributed by atoms with Crippen molar-refractivity contribution >= 4 is 17.3 Å². The molecule has 0 bridgehead atoms. The summed E-state index contributed by atoms with van der Waals surface area (Å²) in [5.74, 6) is -0.0193. The molecular formula is C18H21N3O. The topological polar surface area (TPSA) is 45.2 Å². The second-order valence-electron chi connectivity index (χ2n) is 5.55. The lowest BCUT2D eigenvalue weighted by Gasteiger charge is -2.29.